The number of hydrogen-bond acceptors (Lipinski definition) is 5. The Kier molecular flexibility index (Phi) is 3.50. The van der Waals surface area contributed by atoms with Gasteiger partial charge in [-0.2, -0.15) is 0 Å². The molecule has 0 radical (unpaired) electrons. The predicted octanol–water partition coefficient (Wildman–Crippen LogP) is 1.68. The zero-order valence-corrected chi connectivity index (χ0v) is 11.0. The number of pyridine rings is 1. The fraction of sp³-hybridized carbons (Fsp3) is 0.231. The summed E-state index contributed by atoms with van der Waals surface area (Å²) in [6, 6.07) is 1.94. The Morgan fingerprint density at radius 3 is 2.63 bits per heavy atom. The average molecular weight is 259 g/mol. The summed E-state index contributed by atoms with van der Waals surface area (Å²) < 4.78 is 13.1. The van der Waals surface area contributed by atoms with Gasteiger partial charge in [0.25, 0.3) is 0 Å². The second-order valence-corrected chi connectivity index (χ2v) is 4.14. The van der Waals surface area contributed by atoms with Crippen molar-refractivity contribution in [3.05, 3.63) is 46.9 Å². The molecule has 2 aromatic heterocycles. The molecule has 0 unspecified atom stereocenters. The maximum atomic E-state index is 13.1. The van der Waals surface area contributed by atoms with E-state index in [1.165, 1.54) is 0 Å². The molecule has 0 bridgehead atoms. The number of rotatable bonds is 2. The molecule has 98 valence electrons. The summed E-state index contributed by atoms with van der Waals surface area (Å²) in [5, 5.41) is 0. The molecule has 6 heteroatoms. The van der Waals surface area contributed by atoms with Crippen LogP contribution >= 0.6 is 0 Å². The summed E-state index contributed by atoms with van der Waals surface area (Å²) in [5.41, 5.74) is 8.62. The Bertz CT molecular complexity index is 651. The fourth-order valence-corrected chi connectivity index (χ4v) is 1.71. The van der Waals surface area contributed by atoms with Crippen molar-refractivity contribution in [1.29, 1.82) is 0 Å². The molecule has 0 aliphatic heterocycles. The summed E-state index contributed by atoms with van der Waals surface area (Å²) in [7, 11) is 1.63. The second-order valence-electron chi connectivity index (χ2n) is 4.14. The summed E-state index contributed by atoms with van der Waals surface area (Å²) in [5.74, 6) is -0.542. The Labute approximate surface area is 110 Å². The summed E-state index contributed by atoms with van der Waals surface area (Å²) in [6.45, 7) is 3.80. The first-order chi connectivity index (χ1) is 9.02. The molecule has 19 heavy (non-hydrogen) atoms. The monoisotopic (exact) mass is 259 g/mol. The zero-order valence-electron chi connectivity index (χ0n) is 11.0. The van der Waals surface area contributed by atoms with Crippen molar-refractivity contribution in [3.8, 4) is 0 Å². The summed E-state index contributed by atoms with van der Waals surface area (Å²) >= 11 is 0. The van der Waals surface area contributed by atoms with Crippen molar-refractivity contribution in [2.45, 2.75) is 13.8 Å². The van der Waals surface area contributed by atoms with E-state index in [-0.39, 0.29) is 11.6 Å². The van der Waals surface area contributed by atoms with Gasteiger partial charge in [-0.15, -0.1) is 0 Å². The molecule has 0 saturated heterocycles. The van der Waals surface area contributed by atoms with Crippen LogP contribution in [0.25, 0.3) is 0 Å². The highest BCUT2D eigenvalue weighted by atomic mass is 19.1. The highest BCUT2D eigenvalue weighted by Gasteiger charge is 2.14. The van der Waals surface area contributed by atoms with Crippen LogP contribution in [0.4, 0.5) is 10.2 Å². The van der Waals surface area contributed by atoms with Gasteiger partial charge in [-0.25, -0.2) is 14.4 Å². The minimum Gasteiger partial charge on any atom is -0.381 e. The number of nitrogens with zero attached hydrogens (tertiary/aromatic N) is 4. The molecule has 5 nitrogen and oxygen atoms in total. The van der Waals surface area contributed by atoms with E-state index in [0.29, 0.717) is 5.71 Å². The molecule has 0 fully saturated rings. The third-order valence-corrected chi connectivity index (χ3v) is 2.69. The van der Waals surface area contributed by atoms with Crippen molar-refractivity contribution >= 4 is 11.5 Å². The van der Waals surface area contributed by atoms with Gasteiger partial charge in [0.05, 0.1) is 6.20 Å². The number of nitrogens with two attached hydrogens (primary N) is 1. The molecule has 0 aromatic carbocycles. The third-order valence-electron chi connectivity index (χ3n) is 2.69. The fourth-order valence-electron chi connectivity index (χ4n) is 1.71. The van der Waals surface area contributed by atoms with Gasteiger partial charge < -0.3 is 5.73 Å². The van der Waals surface area contributed by atoms with Crippen LogP contribution in [0.2, 0.25) is 0 Å². The van der Waals surface area contributed by atoms with E-state index in [1.807, 2.05) is 19.9 Å². The van der Waals surface area contributed by atoms with Crippen molar-refractivity contribution in [1.82, 2.24) is 15.0 Å². The van der Waals surface area contributed by atoms with E-state index in [1.54, 1.807) is 13.2 Å². The number of aromatic nitrogens is 3. The summed E-state index contributed by atoms with van der Waals surface area (Å²) in [4.78, 5) is 16.3. The molecule has 2 rings (SSSR count). The van der Waals surface area contributed by atoms with Crippen LogP contribution in [-0.4, -0.2) is 27.7 Å². The van der Waals surface area contributed by atoms with Crippen LogP contribution in [0.15, 0.2) is 23.5 Å². The first-order valence-corrected chi connectivity index (χ1v) is 5.71. The Balaban J connectivity index is 2.57. The topological polar surface area (TPSA) is 77.0 Å². The highest BCUT2D eigenvalue weighted by molar-refractivity contribution is 6.11. The molecule has 2 aromatic rings. The first-order valence-electron chi connectivity index (χ1n) is 5.71. The van der Waals surface area contributed by atoms with Gasteiger partial charge in [0, 0.05) is 24.5 Å². The van der Waals surface area contributed by atoms with Crippen molar-refractivity contribution in [3.63, 3.8) is 0 Å². The lowest BCUT2D eigenvalue weighted by atomic mass is 10.1. The zero-order chi connectivity index (χ0) is 14.0. The number of nitrogen functional groups attached to an aromatic ring is 1. The Morgan fingerprint density at radius 2 is 2.00 bits per heavy atom. The summed E-state index contributed by atoms with van der Waals surface area (Å²) in [6.07, 6.45) is 2.81. The van der Waals surface area contributed by atoms with Crippen LogP contribution in [0.5, 0.6) is 0 Å². The molecule has 0 atom stereocenters. The van der Waals surface area contributed by atoms with E-state index < -0.39 is 5.82 Å². The van der Waals surface area contributed by atoms with E-state index in [4.69, 9.17) is 5.73 Å². The van der Waals surface area contributed by atoms with Gasteiger partial charge in [0.2, 0.25) is 0 Å². The van der Waals surface area contributed by atoms with Crippen LogP contribution in [0.1, 0.15) is 22.6 Å². The minimum atomic E-state index is -0.640. The molecule has 0 aliphatic rings. The number of aryl methyl sites for hydroxylation is 2. The van der Waals surface area contributed by atoms with E-state index in [9.17, 15) is 4.39 Å². The van der Waals surface area contributed by atoms with E-state index in [2.05, 4.69) is 19.9 Å². The van der Waals surface area contributed by atoms with Gasteiger partial charge in [-0.3, -0.25) is 9.98 Å². The van der Waals surface area contributed by atoms with Crippen LogP contribution < -0.4 is 5.73 Å². The molecule has 0 saturated carbocycles. The third kappa shape index (κ3) is 2.57. The quantitative estimate of drug-likeness (QED) is 0.832. The normalized spacial score (nSPS) is 11.7. The molecular weight excluding hydrogens is 245 g/mol. The van der Waals surface area contributed by atoms with Gasteiger partial charge in [0.15, 0.2) is 17.5 Å². The smallest absolute Gasteiger partial charge is 0.183 e. The molecule has 0 amide bonds. The lowest BCUT2D eigenvalue weighted by Gasteiger charge is -2.09. The second kappa shape index (κ2) is 5.09. The Hall–Kier alpha value is -2.37. The minimum absolute atomic E-state index is 0.190. The molecule has 2 heterocycles. The number of hydrogen-bond donors (Lipinski definition) is 1. The van der Waals surface area contributed by atoms with Gasteiger partial charge >= 0.3 is 0 Å². The van der Waals surface area contributed by atoms with Gasteiger partial charge in [-0.05, 0) is 25.5 Å². The first kappa shape index (κ1) is 13.1. The van der Waals surface area contributed by atoms with Gasteiger partial charge in [0.1, 0.15) is 5.71 Å². The van der Waals surface area contributed by atoms with E-state index in [0.717, 1.165) is 23.0 Å². The lowest BCUT2D eigenvalue weighted by Crippen LogP contribution is -2.13. The molecule has 0 aliphatic carbocycles. The van der Waals surface area contributed by atoms with Crippen LogP contribution in [0, 0.1) is 19.7 Å². The molecule has 2 N–H and O–H groups in total. The van der Waals surface area contributed by atoms with E-state index >= 15 is 0 Å². The highest BCUT2D eigenvalue weighted by Crippen LogP contribution is 2.14. The largest absolute Gasteiger partial charge is 0.381 e. The standard InChI is InChI=1S/C13H14FN5/c1-7-4-9(8(2)17-5-7)11(16-3)13-18-6-10(14)12(15)19-13/h4-6H,1-3H3,(H2,15,18,19). The van der Waals surface area contributed by atoms with Crippen molar-refractivity contribution < 1.29 is 4.39 Å². The molecular formula is C13H14FN5. The maximum absolute atomic E-state index is 13.1. The number of halogens is 1. The van der Waals surface area contributed by atoms with Crippen molar-refractivity contribution in [2.24, 2.45) is 4.99 Å². The SMILES string of the molecule is CN=C(c1ncc(F)c(N)n1)c1cc(C)cnc1C. The number of anilines is 1. The Morgan fingerprint density at radius 1 is 1.26 bits per heavy atom. The van der Waals surface area contributed by atoms with Gasteiger partial charge in [-0.1, -0.05) is 0 Å². The maximum Gasteiger partial charge on any atom is 0.183 e. The number of aliphatic imine (C=N–C) groups is 1. The van der Waals surface area contributed by atoms with Crippen LogP contribution in [0.3, 0.4) is 0 Å². The lowest BCUT2D eigenvalue weighted by molar-refractivity contribution is 0.619. The van der Waals surface area contributed by atoms with Crippen molar-refractivity contribution in [2.75, 3.05) is 12.8 Å². The predicted molar refractivity (Wildman–Crippen MR) is 71.7 cm³/mol. The average Bonchev–Trinajstić information content (AvgIpc) is 2.38. The van der Waals surface area contributed by atoms with Crippen LogP contribution in [-0.2, 0) is 0 Å². The molecule has 0 spiro atoms.